The van der Waals surface area contributed by atoms with Crippen molar-refractivity contribution >= 4 is 28.7 Å². The second kappa shape index (κ2) is 4.64. The molecular weight excluding hydrogens is 297 g/mol. The SMILES string of the molecule is CC1(C)CC(=O)c2sc(-c3ccc(Cl)cc3F)nc2C1. The van der Waals surface area contributed by atoms with Crippen LogP contribution in [0.25, 0.3) is 10.6 Å². The van der Waals surface area contributed by atoms with Crippen LogP contribution in [0.15, 0.2) is 18.2 Å². The number of ketones is 1. The molecule has 2 aromatic rings. The Morgan fingerprint density at radius 3 is 2.80 bits per heavy atom. The van der Waals surface area contributed by atoms with E-state index in [9.17, 15) is 9.18 Å². The fraction of sp³-hybridized carbons (Fsp3) is 0.333. The lowest BCUT2D eigenvalue weighted by Crippen LogP contribution is -2.25. The maximum atomic E-state index is 13.9. The summed E-state index contributed by atoms with van der Waals surface area (Å²) in [5.74, 6) is -0.301. The van der Waals surface area contributed by atoms with Gasteiger partial charge in [-0.1, -0.05) is 25.4 Å². The molecule has 5 heteroatoms. The van der Waals surface area contributed by atoms with Crippen LogP contribution in [0.2, 0.25) is 5.02 Å². The zero-order valence-electron chi connectivity index (χ0n) is 11.2. The highest BCUT2D eigenvalue weighted by atomic mass is 35.5. The summed E-state index contributed by atoms with van der Waals surface area (Å²) in [6.07, 6.45) is 1.27. The van der Waals surface area contributed by atoms with Gasteiger partial charge in [0.05, 0.1) is 10.6 Å². The lowest BCUT2D eigenvalue weighted by Gasteiger charge is -2.26. The number of nitrogens with zero attached hydrogens (tertiary/aromatic N) is 1. The number of rotatable bonds is 1. The minimum atomic E-state index is -0.407. The van der Waals surface area contributed by atoms with Gasteiger partial charge in [-0.3, -0.25) is 4.79 Å². The number of benzene rings is 1. The molecule has 1 aliphatic rings. The summed E-state index contributed by atoms with van der Waals surface area (Å²) in [6, 6.07) is 4.51. The maximum absolute atomic E-state index is 13.9. The van der Waals surface area contributed by atoms with Crippen LogP contribution in [0.5, 0.6) is 0 Å². The van der Waals surface area contributed by atoms with Crippen LogP contribution in [0.3, 0.4) is 0 Å². The first-order chi connectivity index (χ1) is 9.35. The molecule has 0 amide bonds. The van der Waals surface area contributed by atoms with Gasteiger partial charge >= 0.3 is 0 Å². The van der Waals surface area contributed by atoms with Crippen molar-refractivity contribution in [2.24, 2.45) is 5.41 Å². The fourth-order valence-electron chi connectivity index (χ4n) is 2.50. The molecule has 0 saturated heterocycles. The monoisotopic (exact) mass is 309 g/mol. The van der Waals surface area contributed by atoms with E-state index in [2.05, 4.69) is 18.8 Å². The van der Waals surface area contributed by atoms with Gasteiger partial charge in [0.1, 0.15) is 10.8 Å². The standard InChI is InChI=1S/C15H13ClFNOS/c1-15(2)6-11-13(12(19)7-15)20-14(18-11)9-4-3-8(16)5-10(9)17/h3-5H,6-7H2,1-2H3. The number of hydrogen-bond donors (Lipinski definition) is 0. The van der Waals surface area contributed by atoms with Crippen molar-refractivity contribution < 1.29 is 9.18 Å². The molecule has 0 fully saturated rings. The molecule has 1 aromatic heterocycles. The van der Waals surface area contributed by atoms with Gasteiger partial charge in [-0.25, -0.2) is 9.37 Å². The molecule has 0 saturated carbocycles. The Bertz CT molecular complexity index is 708. The van der Waals surface area contributed by atoms with Crippen LogP contribution in [0, 0.1) is 11.2 Å². The first kappa shape index (κ1) is 13.7. The third kappa shape index (κ3) is 2.38. The normalized spacial score (nSPS) is 17.1. The first-order valence-corrected chi connectivity index (χ1v) is 7.53. The molecule has 0 unspecified atom stereocenters. The second-order valence-electron chi connectivity index (χ2n) is 5.86. The Balaban J connectivity index is 2.08. The summed E-state index contributed by atoms with van der Waals surface area (Å²) < 4.78 is 13.9. The van der Waals surface area contributed by atoms with Gasteiger partial charge in [-0.05, 0) is 30.0 Å². The number of Topliss-reactive ketones (excluding diaryl/α,β-unsaturated/α-hetero) is 1. The van der Waals surface area contributed by atoms with Crippen LogP contribution >= 0.6 is 22.9 Å². The number of carbonyl (C=O) groups excluding carboxylic acids is 1. The van der Waals surface area contributed by atoms with Crippen molar-refractivity contribution in [1.29, 1.82) is 0 Å². The highest BCUT2D eigenvalue weighted by Gasteiger charge is 2.34. The Hall–Kier alpha value is -1.26. The van der Waals surface area contributed by atoms with Crippen molar-refractivity contribution in [2.75, 3.05) is 0 Å². The van der Waals surface area contributed by atoms with Crippen molar-refractivity contribution in [2.45, 2.75) is 26.7 Å². The maximum Gasteiger partial charge on any atom is 0.175 e. The largest absolute Gasteiger partial charge is 0.293 e. The molecule has 3 rings (SSSR count). The van der Waals surface area contributed by atoms with E-state index in [1.54, 1.807) is 12.1 Å². The summed E-state index contributed by atoms with van der Waals surface area (Å²) in [4.78, 5) is 17.3. The number of hydrogen-bond acceptors (Lipinski definition) is 3. The molecule has 0 atom stereocenters. The minimum Gasteiger partial charge on any atom is -0.293 e. The Kier molecular flexibility index (Phi) is 3.18. The predicted octanol–water partition coefficient (Wildman–Crippen LogP) is 4.76. The summed E-state index contributed by atoms with van der Waals surface area (Å²) in [7, 11) is 0. The number of thiazole rings is 1. The molecule has 1 aliphatic carbocycles. The van der Waals surface area contributed by atoms with Gasteiger partial charge < -0.3 is 0 Å². The molecule has 1 aromatic carbocycles. The van der Waals surface area contributed by atoms with E-state index in [4.69, 9.17) is 11.6 Å². The van der Waals surface area contributed by atoms with Crippen LogP contribution in [0.1, 0.15) is 35.6 Å². The van der Waals surface area contributed by atoms with Crippen molar-refractivity contribution in [3.8, 4) is 10.6 Å². The molecule has 2 nitrogen and oxygen atoms in total. The van der Waals surface area contributed by atoms with Crippen LogP contribution in [-0.4, -0.2) is 10.8 Å². The molecule has 0 spiro atoms. The molecule has 0 aliphatic heterocycles. The summed E-state index contributed by atoms with van der Waals surface area (Å²) >= 11 is 7.03. The number of fused-ring (bicyclic) bond motifs is 1. The second-order valence-corrected chi connectivity index (χ2v) is 7.30. The number of aromatic nitrogens is 1. The lowest BCUT2D eigenvalue weighted by molar-refractivity contribution is 0.0916. The van der Waals surface area contributed by atoms with Gasteiger partial charge in [0.25, 0.3) is 0 Å². The van der Waals surface area contributed by atoms with Crippen molar-refractivity contribution in [1.82, 2.24) is 4.98 Å². The summed E-state index contributed by atoms with van der Waals surface area (Å²) in [5, 5.41) is 0.903. The highest BCUT2D eigenvalue weighted by molar-refractivity contribution is 7.17. The van der Waals surface area contributed by atoms with Gasteiger partial charge in [0, 0.05) is 17.0 Å². The Labute approximate surface area is 125 Å². The van der Waals surface area contributed by atoms with Crippen molar-refractivity contribution in [3.63, 3.8) is 0 Å². The number of carbonyl (C=O) groups is 1. The molecule has 1 heterocycles. The lowest BCUT2D eigenvalue weighted by atomic mass is 9.78. The van der Waals surface area contributed by atoms with Gasteiger partial charge in [0.2, 0.25) is 0 Å². The molecule has 0 radical (unpaired) electrons. The fourth-order valence-corrected chi connectivity index (χ4v) is 3.70. The van der Waals surface area contributed by atoms with E-state index in [1.807, 2.05) is 0 Å². The molecule has 0 bridgehead atoms. The van der Waals surface area contributed by atoms with E-state index in [1.165, 1.54) is 17.4 Å². The molecule has 104 valence electrons. The van der Waals surface area contributed by atoms with E-state index in [0.717, 1.165) is 12.1 Å². The summed E-state index contributed by atoms with van der Waals surface area (Å²) in [5.41, 5.74) is 1.12. The highest BCUT2D eigenvalue weighted by Crippen LogP contribution is 2.40. The van der Waals surface area contributed by atoms with Gasteiger partial charge in [0.15, 0.2) is 5.78 Å². The Morgan fingerprint density at radius 1 is 1.35 bits per heavy atom. The Morgan fingerprint density at radius 2 is 2.10 bits per heavy atom. The first-order valence-electron chi connectivity index (χ1n) is 6.34. The van der Waals surface area contributed by atoms with Crippen LogP contribution < -0.4 is 0 Å². The minimum absolute atomic E-state index is 0.0754. The van der Waals surface area contributed by atoms with Gasteiger partial charge in [-0.2, -0.15) is 0 Å². The zero-order chi connectivity index (χ0) is 14.5. The van der Waals surface area contributed by atoms with E-state index in [-0.39, 0.29) is 11.2 Å². The molecule has 0 N–H and O–H groups in total. The zero-order valence-corrected chi connectivity index (χ0v) is 12.7. The molecular formula is C15H13ClFNOS. The topological polar surface area (TPSA) is 30.0 Å². The smallest absolute Gasteiger partial charge is 0.175 e. The summed E-state index contributed by atoms with van der Waals surface area (Å²) in [6.45, 7) is 4.10. The average Bonchev–Trinajstić information content (AvgIpc) is 2.70. The van der Waals surface area contributed by atoms with Crippen LogP contribution in [0.4, 0.5) is 4.39 Å². The van der Waals surface area contributed by atoms with E-state index < -0.39 is 5.82 Å². The van der Waals surface area contributed by atoms with Crippen molar-refractivity contribution in [3.05, 3.63) is 39.6 Å². The van der Waals surface area contributed by atoms with Crippen LogP contribution in [-0.2, 0) is 6.42 Å². The average molecular weight is 310 g/mol. The predicted molar refractivity (Wildman–Crippen MR) is 79.0 cm³/mol. The molecule has 20 heavy (non-hydrogen) atoms. The number of halogens is 2. The van der Waals surface area contributed by atoms with Gasteiger partial charge in [-0.15, -0.1) is 11.3 Å². The third-order valence-corrected chi connectivity index (χ3v) is 4.80. The van der Waals surface area contributed by atoms with E-state index >= 15 is 0 Å². The van der Waals surface area contributed by atoms with E-state index in [0.29, 0.717) is 26.9 Å². The third-order valence-electron chi connectivity index (χ3n) is 3.40. The quantitative estimate of drug-likeness (QED) is 0.760.